The van der Waals surface area contributed by atoms with Gasteiger partial charge in [-0.2, -0.15) is 0 Å². The van der Waals surface area contributed by atoms with Crippen LogP contribution in [0.2, 0.25) is 0 Å². The molecule has 1 unspecified atom stereocenters. The molecule has 2 nitrogen and oxygen atoms in total. The molecular formula is C10H13IO2. The van der Waals surface area contributed by atoms with Gasteiger partial charge in [0, 0.05) is 10.7 Å². The Bertz CT molecular complexity index is 263. The number of hydrogen-bond acceptors (Lipinski definition) is 2. The van der Waals surface area contributed by atoms with Crippen molar-refractivity contribution in [1.29, 1.82) is 0 Å². The Morgan fingerprint density at radius 3 is 2.85 bits per heavy atom. The Balaban J connectivity index is 2.45. The molecule has 0 fully saturated rings. The lowest BCUT2D eigenvalue weighted by Crippen LogP contribution is -2.15. The summed E-state index contributed by atoms with van der Waals surface area (Å²) in [6, 6.07) is 7.97. The van der Waals surface area contributed by atoms with Crippen LogP contribution in [0.4, 0.5) is 0 Å². The SMILES string of the molecule is COC(C)COc1cccc(I)c1. The molecule has 0 aromatic heterocycles. The molecule has 0 aliphatic rings. The Morgan fingerprint density at radius 1 is 1.46 bits per heavy atom. The molecule has 1 aromatic rings. The first kappa shape index (κ1) is 10.8. The minimum Gasteiger partial charge on any atom is -0.491 e. The summed E-state index contributed by atoms with van der Waals surface area (Å²) in [7, 11) is 1.68. The highest BCUT2D eigenvalue weighted by Gasteiger charge is 2.00. The molecule has 1 rings (SSSR count). The molecule has 0 N–H and O–H groups in total. The molecule has 0 amide bonds. The fraction of sp³-hybridized carbons (Fsp3) is 0.400. The van der Waals surface area contributed by atoms with Crippen LogP contribution in [0.25, 0.3) is 0 Å². The summed E-state index contributed by atoms with van der Waals surface area (Å²) >= 11 is 2.26. The van der Waals surface area contributed by atoms with Crippen LogP contribution in [0.1, 0.15) is 6.92 Å². The molecule has 0 radical (unpaired) electrons. The van der Waals surface area contributed by atoms with E-state index in [1.807, 2.05) is 31.2 Å². The third-order valence-electron chi connectivity index (χ3n) is 1.68. The molecule has 3 heteroatoms. The van der Waals surface area contributed by atoms with Crippen LogP contribution in [0.5, 0.6) is 5.75 Å². The molecule has 0 bridgehead atoms. The fourth-order valence-electron chi connectivity index (χ4n) is 0.838. The van der Waals surface area contributed by atoms with Crippen molar-refractivity contribution in [3.63, 3.8) is 0 Å². The maximum atomic E-state index is 5.51. The van der Waals surface area contributed by atoms with Gasteiger partial charge in [-0.3, -0.25) is 0 Å². The number of hydrogen-bond donors (Lipinski definition) is 0. The van der Waals surface area contributed by atoms with Crippen LogP contribution in [0, 0.1) is 3.57 Å². The van der Waals surface area contributed by atoms with Crippen LogP contribution in [0.15, 0.2) is 24.3 Å². The summed E-state index contributed by atoms with van der Waals surface area (Å²) in [5.74, 6) is 0.899. The summed E-state index contributed by atoms with van der Waals surface area (Å²) in [6.07, 6.45) is 0.137. The normalized spacial score (nSPS) is 12.5. The average Bonchev–Trinajstić information content (AvgIpc) is 2.14. The van der Waals surface area contributed by atoms with Gasteiger partial charge in [-0.25, -0.2) is 0 Å². The molecule has 0 saturated carbocycles. The molecular weight excluding hydrogens is 279 g/mol. The molecule has 13 heavy (non-hydrogen) atoms. The van der Waals surface area contributed by atoms with Crippen LogP contribution >= 0.6 is 22.6 Å². The van der Waals surface area contributed by atoms with E-state index in [2.05, 4.69) is 22.6 Å². The van der Waals surface area contributed by atoms with Crippen LogP contribution in [-0.4, -0.2) is 19.8 Å². The standard InChI is InChI=1S/C10H13IO2/c1-8(12-2)7-13-10-5-3-4-9(11)6-10/h3-6,8H,7H2,1-2H3. The lowest BCUT2D eigenvalue weighted by Gasteiger charge is -2.11. The largest absolute Gasteiger partial charge is 0.491 e. The quantitative estimate of drug-likeness (QED) is 0.794. The van der Waals surface area contributed by atoms with Gasteiger partial charge in [0.05, 0.1) is 6.10 Å². The van der Waals surface area contributed by atoms with Gasteiger partial charge in [0.2, 0.25) is 0 Å². The second-order valence-electron chi connectivity index (χ2n) is 2.81. The number of rotatable bonds is 4. The van der Waals surface area contributed by atoms with Gasteiger partial charge in [-0.15, -0.1) is 0 Å². The van der Waals surface area contributed by atoms with E-state index in [9.17, 15) is 0 Å². The van der Waals surface area contributed by atoms with Crippen molar-refractivity contribution >= 4 is 22.6 Å². The predicted molar refractivity (Wildman–Crippen MR) is 61.1 cm³/mol. The van der Waals surface area contributed by atoms with E-state index in [0.717, 1.165) is 5.75 Å². The second-order valence-corrected chi connectivity index (χ2v) is 4.06. The minimum absolute atomic E-state index is 0.137. The van der Waals surface area contributed by atoms with Gasteiger partial charge < -0.3 is 9.47 Å². The number of benzene rings is 1. The summed E-state index contributed by atoms with van der Waals surface area (Å²) in [5, 5.41) is 0. The smallest absolute Gasteiger partial charge is 0.120 e. The maximum absolute atomic E-state index is 5.51. The zero-order valence-electron chi connectivity index (χ0n) is 7.79. The van der Waals surface area contributed by atoms with E-state index in [4.69, 9.17) is 9.47 Å². The maximum Gasteiger partial charge on any atom is 0.120 e. The van der Waals surface area contributed by atoms with E-state index < -0.39 is 0 Å². The van der Waals surface area contributed by atoms with Gasteiger partial charge in [-0.05, 0) is 47.7 Å². The molecule has 0 spiro atoms. The second kappa shape index (κ2) is 5.44. The Labute approximate surface area is 92.4 Å². The van der Waals surface area contributed by atoms with Gasteiger partial charge in [0.1, 0.15) is 12.4 Å². The number of halogens is 1. The van der Waals surface area contributed by atoms with E-state index in [1.165, 1.54) is 3.57 Å². The average molecular weight is 292 g/mol. The Morgan fingerprint density at radius 2 is 2.23 bits per heavy atom. The fourth-order valence-corrected chi connectivity index (χ4v) is 1.35. The number of methoxy groups -OCH3 is 1. The molecule has 1 atom stereocenters. The molecule has 72 valence electrons. The lowest BCUT2D eigenvalue weighted by molar-refractivity contribution is 0.0716. The van der Waals surface area contributed by atoms with E-state index in [0.29, 0.717) is 6.61 Å². The highest BCUT2D eigenvalue weighted by atomic mass is 127. The predicted octanol–water partition coefficient (Wildman–Crippen LogP) is 2.70. The highest BCUT2D eigenvalue weighted by Crippen LogP contribution is 2.14. The van der Waals surface area contributed by atoms with Crippen molar-refractivity contribution in [2.75, 3.05) is 13.7 Å². The van der Waals surface area contributed by atoms with Crippen molar-refractivity contribution in [3.05, 3.63) is 27.8 Å². The highest BCUT2D eigenvalue weighted by molar-refractivity contribution is 14.1. The summed E-state index contributed by atoms with van der Waals surface area (Å²) in [6.45, 7) is 2.57. The first-order chi connectivity index (χ1) is 6.22. The summed E-state index contributed by atoms with van der Waals surface area (Å²) in [5.41, 5.74) is 0. The van der Waals surface area contributed by atoms with Crippen molar-refractivity contribution in [1.82, 2.24) is 0 Å². The van der Waals surface area contributed by atoms with Gasteiger partial charge in [-0.1, -0.05) is 6.07 Å². The Hall–Kier alpha value is -0.290. The molecule has 0 saturated heterocycles. The van der Waals surface area contributed by atoms with Crippen LogP contribution < -0.4 is 4.74 Å². The van der Waals surface area contributed by atoms with E-state index >= 15 is 0 Å². The zero-order chi connectivity index (χ0) is 9.68. The Kier molecular flexibility index (Phi) is 4.52. The van der Waals surface area contributed by atoms with E-state index in [1.54, 1.807) is 7.11 Å². The summed E-state index contributed by atoms with van der Waals surface area (Å²) < 4.78 is 11.8. The topological polar surface area (TPSA) is 18.5 Å². The zero-order valence-corrected chi connectivity index (χ0v) is 9.95. The molecule has 0 heterocycles. The first-order valence-electron chi connectivity index (χ1n) is 4.13. The van der Waals surface area contributed by atoms with Gasteiger partial charge >= 0.3 is 0 Å². The van der Waals surface area contributed by atoms with Gasteiger partial charge in [0.25, 0.3) is 0 Å². The lowest BCUT2D eigenvalue weighted by atomic mass is 10.3. The third kappa shape index (κ3) is 3.95. The van der Waals surface area contributed by atoms with Crippen LogP contribution in [0.3, 0.4) is 0 Å². The van der Waals surface area contributed by atoms with Crippen molar-refractivity contribution in [2.24, 2.45) is 0 Å². The summed E-state index contributed by atoms with van der Waals surface area (Å²) in [4.78, 5) is 0. The van der Waals surface area contributed by atoms with E-state index in [-0.39, 0.29) is 6.10 Å². The molecule has 1 aromatic carbocycles. The number of ether oxygens (including phenoxy) is 2. The first-order valence-corrected chi connectivity index (χ1v) is 5.21. The third-order valence-corrected chi connectivity index (χ3v) is 2.35. The molecule has 0 aliphatic heterocycles. The van der Waals surface area contributed by atoms with Crippen LogP contribution in [-0.2, 0) is 4.74 Å². The monoisotopic (exact) mass is 292 g/mol. The minimum atomic E-state index is 0.137. The van der Waals surface area contributed by atoms with Gasteiger partial charge in [0.15, 0.2) is 0 Å². The molecule has 0 aliphatic carbocycles. The van der Waals surface area contributed by atoms with Crippen molar-refractivity contribution < 1.29 is 9.47 Å². The van der Waals surface area contributed by atoms with Crippen molar-refractivity contribution in [2.45, 2.75) is 13.0 Å². The van der Waals surface area contributed by atoms with Crippen molar-refractivity contribution in [3.8, 4) is 5.75 Å².